The second kappa shape index (κ2) is 5.22. The van der Waals surface area contributed by atoms with Crippen LogP contribution in [0.5, 0.6) is 0 Å². The van der Waals surface area contributed by atoms with E-state index in [1.54, 1.807) is 6.20 Å². The quantitative estimate of drug-likeness (QED) is 0.818. The Labute approximate surface area is 113 Å². The monoisotopic (exact) mass is 261 g/mol. The number of nitrogens with one attached hydrogen (secondary N) is 2. The number of hydrogen-bond donors (Lipinski definition) is 2. The second-order valence-electron chi connectivity index (χ2n) is 5.47. The topological polar surface area (TPSA) is 37.0 Å². The van der Waals surface area contributed by atoms with Gasteiger partial charge in [-0.15, -0.1) is 0 Å². The van der Waals surface area contributed by atoms with Crippen LogP contribution in [0.4, 0.5) is 0 Å². The fraction of sp³-hybridized carbons (Fsp3) is 0.571. The summed E-state index contributed by atoms with van der Waals surface area (Å²) in [5.74, 6) is 1.81. The lowest BCUT2D eigenvalue weighted by atomic mass is 9.96. The van der Waals surface area contributed by atoms with E-state index in [0.717, 1.165) is 29.1 Å². The minimum atomic E-state index is 0.609. The van der Waals surface area contributed by atoms with Crippen LogP contribution in [0, 0.1) is 11.8 Å². The molecule has 0 amide bonds. The van der Waals surface area contributed by atoms with Gasteiger partial charge in [0.1, 0.15) is 0 Å². The van der Waals surface area contributed by atoms with Crippen LogP contribution in [0.1, 0.15) is 31.2 Å². The maximum atomic E-state index is 5.36. The van der Waals surface area contributed by atoms with Crippen molar-refractivity contribution in [1.29, 1.82) is 0 Å². The first kappa shape index (κ1) is 11.9. The van der Waals surface area contributed by atoms with Crippen LogP contribution in [-0.2, 0) is 6.54 Å². The van der Waals surface area contributed by atoms with Gasteiger partial charge in [-0.1, -0.05) is 12.5 Å². The van der Waals surface area contributed by atoms with Gasteiger partial charge < -0.3 is 10.6 Å². The van der Waals surface area contributed by atoms with Crippen LogP contribution in [0.25, 0.3) is 0 Å². The molecule has 3 nitrogen and oxygen atoms in total. The molecule has 18 heavy (non-hydrogen) atoms. The highest BCUT2D eigenvalue weighted by Crippen LogP contribution is 2.44. The van der Waals surface area contributed by atoms with Gasteiger partial charge in [-0.3, -0.25) is 4.98 Å². The van der Waals surface area contributed by atoms with E-state index in [0.29, 0.717) is 6.04 Å². The number of fused-ring (bicyclic) bond motifs is 2. The molecule has 2 aliphatic carbocycles. The number of hydrogen-bond acceptors (Lipinski definition) is 2. The fourth-order valence-electron chi connectivity index (χ4n) is 3.33. The Hall–Kier alpha value is -1.16. The van der Waals surface area contributed by atoms with E-state index in [9.17, 15) is 0 Å². The summed E-state index contributed by atoms with van der Waals surface area (Å²) in [6.07, 6.45) is 9.18. The van der Waals surface area contributed by atoms with Crippen molar-refractivity contribution in [3.63, 3.8) is 0 Å². The van der Waals surface area contributed by atoms with E-state index in [-0.39, 0.29) is 0 Å². The minimum absolute atomic E-state index is 0.609. The van der Waals surface area contributed by atoms with Gasteiger partial charge >= 0.3 is 0 Å². The molecule has 1 aromatic rings. The number of rotatable bonds is 3. The Kier molecular flexibility index (Phi) is 3.46. The summed E-state index contributed by atoms with van der Waals surface area (Å²) < 4.78 is 0. The molecule has 0 aromatic carbocycles. The lowest BCUT2D eigenvalue weighted by Gasteiger charge is -2.24. The summed E-state index contributed by atoms with van der Waals surface area (Å²) >= 11 is 5.36. The fourth-order valence-corrected chi connectivity index (χ4v) is 3.55. The van der Waals surface area contributed by atoms with E-state index in [2.05, 4.69) is 21.7 Å². The number of aromatic nitrogens is 1. The number of nitrogens with zero attached hydrogens (tertiary/aromatic N) is 1. The molecule has 2 fully saturated rings. The van der Waals surface area contributed by atoms with E-state index in [1.165, 1.54) is 25.7 Å². The Morgan fingerprint density at radius 3 is 3.00 bits per heavy atom. The highest BCUT2D eigenvalue weighted by molar-refractivity contribution is 7.80. The summed E-state index contributed by atoms with van der Waals surface area (Å²) in [6, 6.07) is 4.61. The lowest BCUT2D eigenvalue weighted by Crippen LogP contribution is -2.43. The summed E-state index contributed by atoms with van der Waals surface area (Å²) in [4.78, 5) is 4.09. The molecule has 2 aliphatic rings. The smallest absolute Gasteiger partial charge is 0.166 e. The molecule has 2 N–H and O–H groups in total. The van der Waals surface area contributed by atoms with Gasteiger partial charge in [0, 0.05) is 25.0 Å². The van der Waals surface area contributed by atoms with Crippen molar-refractivity contribution in [2.75, 3.05) is 0 Å². The molecule has 3 unspecified atom stereocenters. The standard InChI is InChI=1S/C14H19N3S/c18-14(16-9-11-2-1-5-15-8-11)17-13-7-10-3-4-12(13)6-10/h1-2,5,8,10,12-13H,3-4,6-7,9H2,(H2,16,17,18). The first-order valence-electron chi connectivity index (χ1n) is 6.74. The summed E-state index contributed by atoms with van der Waals surface area (Å²) in [5, 5.41) is 7.53. The number of thiocarbonyl (C=S) groups is 1. The van der Waals surface area contributed by atoms with Crippen molar-refractivity contribution in [3.8, 4) is 0 Å². The van der Waals surface area contributed by atoms with Gasteiger partial charge in [0.15, 0.2) is 5.11 Å². The molecule has 2 saturated carbocycles. The van der Waals surface area contributed by atoms with E-state index < -0.39 is 0 Å². The zero-order valence-corrected chi connectivity index (χ0v) is 11.2. The van der Waals surface area contributed by atoms with Gasteiger partial charge in [0.05, 0.1) is 0 Å². The Morgan fingerprint density at radius 1 is 1.39 bits per heavy atom. The molecule has 3 atom stereocenters. The molecule has 0 radical (unpaired) electrons. The van der Waals surface area contributed by atoms with Gasteiger partial charge in [-0.2, -0.15) is 0 Å². The largest absolute Gasteiger partial charge is 0.360 e. The normalized spacial score (nSPS) is 29.2. The summed E-state index contributed by atoms with van der Waals surface area (Å²) in [6.45, 7) is 0.750. The zero-order valence-electron chi connectivity index (χ0n) is 10.4. The molecule has 2 bridgehead atoms. The zero-order chi connectivity index (χ0) is 12.4. The van der Waals surface area contributed by atoms with Crippen molar-refractivity contribution < 1.29 is 0 Å². The third kappa shape index (κ3) is 2.64. The molecule has 0 spiro atoms. The van der Waals surface area contributed by atoms with E-state index in [1.807, 2.05) is 12.3 Å². The third-order valence-corrected chi connectivity index (χ3v) is 4.49. The Balaban J connectivity index is 1.45. The predicted molar refractivity (Wildman–Crippen MR) is 76.0 cm³/mol. The highest BCUT2D eigenvalue weighted by atomic mass is 32.1. The van der Waals surface area contributed by atoms with Crippen molar-refractivity contribution in [1.82, 2.24) is 15.6 Å². The highest BCUT2D eigenvalue weighted by Gasteiger charge is 2.39. The molecular formula is C14H19N3S. The Bertz CT molecular complexity index is 420. The van der Waals surface area contributed by atoms with Crippen LogP contribution < -0.4 is 10.6 Å². The summed E-state index contributed by atoms with van der Waals surface area (Å²) in [7, 11) is 0. The van der Waals surface area contributed by atoms with Crippen LogP contribution >= 0.6 is 12.2 Å². The lowest BCUT2D eigenvalue weighted by molar-refractivity contribution is 0.389. The maximum absolute atomic E-state index is 5.36. The average molecular weight is 261 g/mol. The first-order valence-corrected chi connectivity index (χ1v) is 7.15. The molecular weight excluding hydrogens is 242 g/mol. The SMILES string of the molecule is S=C(NCc1cccnc1)NC1CC2CCC1C2. The molecule has 4 heteroatoms. The van der Waals surface area contributed by atoms with E-state index >= 15 is 0 Å². The van der Waals surface area contributed by atoms with Gasteiger partial charge in [0.25, 0.3) is 0 Å². The van der Waals surface area contributed by atoms with Gasteiger partial charge in [-0.05, 0) is 54.9 Å². The molecule has 1 aromatic heterocycles. The van der Waals surface area contributed by atoms with Crippen LogP contribution in [0.15, 0.2) is 24.5 Å². The molecule has 1 heterocycles. The van der Waals surface area contributed by atoms with Gasteiger partial charge in [-0.25, -0.2) is 0 Å². The summed E-state index contributed by atoms with van der Waals surface area (Å²) in [5.41, 5.74) is 1.16. The van der Waals surface area contributed by atoms with Crippen LogP contribution in [0.2, 0.25) is 0 Å². The van der Waals surface area contributed by atoms with Crippen molar-refractivity contribution in [2.45, 2.75) is 38.3 Å². The van der Waals surface area contributed by atoms with Crippen LogP contribution in [-0.4, -0.2) is 16.1 Å². The molecule has 0 saturated heterocycles. The van der Waals surface area contributed by atoms with Gasteiger partial charge in [0.2, 0.25) is 0 Å². The second-order valence-corrected chi connectivity index (χ2v) is 5.88. The minimum Gasteiger partial charge on any atom is -0.360 e. The van der Waals surface area contributed by atoms with Crippen molar-refractivity contribution in [2.24, 2.45) is 11.8 Å². The van der Waals surface area contributed by atoms with E-state index in [4.69, 9.17) is 12.2 Å². The molecule has 3 rings (SSSR count). The Morgan fingerprint density at radius 2 is 2.33 bits per heavy atom. The third-order valence-electron chi connectivity index (χ3n) is 4.23. The maximum Gasteiger partial charge on any atom is 0.166 e. The predicted octanol–water partition coefficient (Wildman–Crippen LogP) is 2.23. The van der Waals surface area contributed by atoms with Crippen molar-refractivity contribution in [3.05, 3.63) is 30.1 Å². The molecule has 96 valence electrons. The average Bonchev–Trinajstić information content (AvgIpc) is 3.00. The molecule has 0 aliphatic heterocycles. The van der Waals surface area contributed by atoms with Crippen molar-refractivity contribution >= 4 is 17.3 Å². The van der Waals surface area contributed by atoms with Crippen LogP contribution in [0.3, 0.4) is 0 Å². The first-order chi connectivity index (χ1) is 8.81. The number of pyridine rings is 1.